The molecule has 4 aromatic carbocycles. The van der Waals surface area contributed by atoms with Crippen LogP contribution in [0.4, 0.5) is 28.4 Å². The number of amides is 1. The van der Waals surface area contributed by atoms with E-state index in [2.05, 4.69) is 27.1 Å². The van der Waals surface area contributed by atoms with Gasteiger partial charge in [0.1, 0.15) is 4.90 Å². The average molecular weight is 690 g/mol. The van der Waals surface area contributed by atoms with Gasteiger partial charge in [0.15, 0.2) is 0 Å². The van der Waals surface area contributed by atoms with E-state index in [0.29, 0.717) is 56.7 Å². The number of nitro benzene ring substituents is 1. The molecule has 0 spiro atoms. The number of morpholine rings is 1. The predicted molar refractivity (Wildman–Crippen MR) is 188 cm³/mol. The van der Waals surface area contributed by atoms with Gasteiger partial charge in [0, 0.05) is 44.0 Å². The molecule has 13 heteroatoms. The molecule has 0 radical (unpaired) electrons. The number of nitrogens with one attached hydrogen (secondary N) is 2. The summed E-state index contributed by atoms with van der Waals surface area (Å²) in [5, 5.41) is 14.8. The minimum absolute atomic E-state index is 0.0538. The molecule has 4 aromatic rings. The molecule has 6 rings (SSSR count). The molecule has 250 valence electrons. The number of halogens is 1. The molecule has 48 heavy (non-hydrogen) atoms. The maximum atomic E-state index is 13.9. The van der Waals surface area contributed by atoms with Crippen molar-refractivity contribution in [2.24, 2.45) is 5.92 Å². The monoisotopic (exact) mass is 689 g/mol. The zero-order chi connectivity index (χ0) is 33.7. The number of carbonyl (C=O) groups is 1. The number of rotatable bonds is 10. The van der Waals surface area contributed by atoms with Crippen molar-refractivity contribution in [1.82, 2.24) is 0 Å². The van der Waals surface area contributed by atoms with Crippen molar-refractivity contribution >= 4 is 56.0 Å². The van der Waals surface area contributed by atoms with Gasteiger partial charge in [-0.25, -0.2) is 8.42 Å². The first-order chi connectivity index (χ1) is 23.2. The molecule has 0 bridgehead atoms. The van der Waals surface area contributed by atoms with Crippen LogP contribution in [0.2, 0.25) is 5.02 Å². The zero-order valence-corrected chi connectivity index (χ0v) is 27.8. The summed E-state index contributed by atoms with van der Waals surface area (Å²) in [6.45, 7) is 3.24. The quantitative estimate of drug-likeness (QED) is 0.141. The second-order valence-electron chi connectivity index (χ2n) is 11.9. The topological polar surface area (TPSA) is 134 Å². The van der Waals surface area contributed by atoms with Crippen LogP contribution in [-0.4, -0.2) is 58.6 Å². The fourth-order valence-electron chi connectivity index (χ4n) is 6.24. The van der Waals surface area contributed by atoms with Gasteiger partial charge in [-0.2, -0.15) is 0 Å². The van der Waals surface area contributed by atoms with E-state index in [-0.39, 0.29) is 32.5 Å². The van der Waals surface area contributed by atoms with Crippen LogP contribution < -0.4 is 19.8 Å². The summed E-state index contributed by atoms with van der Waals surface area (Å²) in [4.78, 5) is 29.0. The van der Waals surface area contributed by atoms with Crippen molar-refractivity contribution in [3.63, 3.8) is 0 Å². The number of hydrogen-bond donors (Lipinski definition) is 2. The number of anilines is 4. The molecule has 0 aromatic heterocycles. The van der Waals surface area contributed by atoms with E-state index in [9.17, 15) is 23.3 Å². The van der Waals surface area contributed by atoms with Crippen molar-refractivity contribution in [3.05, 3.63) is 117 Å². The van der Waals surface area contributed by atoms with Crippen LogP contribution in [0.15, 0.2) is 95.9 Å². The molecule has 0 aliphatic carbocycles. The summed E-state index contributed by atoms with van der Waals surface area (Å²) >= 11 is 6.27. The second-order valence-corrected chi connectivity index (χ2v) is 14.0. The van der Waals surface area contributed by atoms with Crippen molar-refractivity contribution in [3.8, 4) is 0 Å². The van der Waals surface area contributed by atoms with Crippen LogP contribution in [0.5, 0.6) is 0 Å². The molecule has 1 amide bonds. The maximum absolute atomic E-state index is 13.9. The van der Waals surface area contributed by atoms with Gasteiger partial charge in [0.2, 0.25) is 0 Å². The van der Waals surface area contributed by atoms with E-state index in [1.165, 1.54) is 23.8 Å². The highest BCUT2D eigenvalue weighted by molar-refractivity contribution is 7.93. The Morgan fingerprint density at radius 2 is 1.54 bits per heavy atom. The number of carbonyl (C=O) groups excluding carboxylic acids is 1. The van der Waals surface area contributed by atoms with Gasteiger partial charge in [-0.15, -0.1) is 0 Å². The SMILES string of the molecule is O=C(Nc1ccc(N2CCOCC2)c(S(=O)(=O)Nc2ccccc2Cl)c1)c1cc([N+](=O)[O-])ccc1N1CCC(Cc2ccccc2)CC1. The van der Waals surface area contributed by atoms with E-state index in [0.717, 1.165) is 19.3 Å². The molecule has 2 aliphatic rings. The number of para-hydroxylation sites is 1. The molecule has 2 N–H and O–H groups in total. The Balaban J connectivity index is 1.27. The Bertz CT molecular complexity index is 1890. The lowest BCUT2D eigenvalue weighted by molar-refractivity contribution is -0.384. The summed E-state index contributed by atoms with van der Waals surface area (Å²) in [7, 11) is -4.18. The molecular weight excluding hydrogens is 654 g/mol. The summed E-state index contributed by atoms with van der Waals surface area (Å²) in [6, 6.07) is 25.8. The minimum atomic E-state index is -4.18. The molecule has 2 aliphatic heterocycles. The molecule has 2 fully saturated rings. The van der Waals surface area contributed by atoms with Crippen LogP contribution in [0.1, 0.15) is 28.8 Å². The highest BCUT2D eigenvalue weighted by Crippen LogP contribution is 2.34. The number of sulfonamides is 1. The number of piperidine rings is 1. The Labute approximate surface area is 284 Å². The largest absolute Gasteiger partial charge is 0.378 e. The maximum Gasteiger partial charge on any atom is 0.270 e. The van der Waals surface area contributed by atoms with Crippen molar-refractivity contribution < 1.29 is 22.9 Å². The highest BCUT2D eigenvalue weighted by atomic mass is 35.5. The lowest BCUT2D eigenvalue weighted by Gasteiger charge is -2.34. The molecule has 0 saturated carbocycles. The number of nitro groups is 1. The summed E-state index contributed by atoms with van der Waals surface area (Å²) in [5.74, 6) is -0.0923. The summed E-state index contributed by atoms with van der Waals surface area (Å²) < 4.78 is 35.7. The first kappa shape index (κ1) is 33.3. The Morgan fingerprint density at radius 1 is 0.875 bits per heavy atom. The first-order valence-corrected chi connectivity index (χ1v) is 17.7. The van der Waals surface area contributed by atoms with E-state index < -0.39 is 20.9 Å². The van der Waals surface area contributed by atoms with Crippen LogP contribution >= 0.6 is 11.6 Å². The summed E-state index contributed by atoms with van der Waals surface area (Å²) in [5.41, 5.74) is 2.69. The number of benzene rings is 4. The number of non-ortho nitro benzene ring substituents is 1. The molecule has 2 saturated heterocycles. The highest BCUT2D eigenvalue weighted by Gasteiger charge is 2.28. The van der Waals surface area contributed by atoms with Crippen LogP contribution in [0.3, 0.4) is 0 Å². The standard InChI is InChI=1S/C35H36ClN5O6S/c36-30-8-4-5-9-31(30)38-48(45,46)34-23-27(10-12-33(34)40-18-20-47-21-19-40)37-35(42)29-24-28(41(43)44)11-13-32(29)39-16-14-26(15-17-39)22-25-6-2-1-3-7-25/h1-13,23-24,26,38H,14-22H2,(H,37,42). The van der Waals surface area contributed by atoms with Crippen molar-refractivity contribution in [2.75, 3.05) is 59.2 Å². The average Bonchev–Trinajstić information content (AvgIpc) is 3.10. The molecule has 11 nitrogen and oxygen atoms in total. The third-order valence-electron chi connectivity index (χ3n) is 8.74. The number of hydrogen-bond acceptors (Lipinski definition) is 8. The molecule has 0 unspecified atom stereocenters. The smallest absolute Gasteiger partial charge is 0.270 e. The van der Waals surface area contributed by atoms with Crippen molar-refractivity contribution in [2.45, 2.75) is 24.2 Å². The van der Waals surface area contributed by atoms with Gasteiger partial charge < -0.3 is 19.9 Å². The summed E-state index contributed by atoms with van der Waals surface area (Å²) in [6.07, 6.45) is 2.80. The van der Waals surface area contributed by atoms with Gasteiger partial charge >= 0.3 is 0 Å². The van der Waals surface area contributed by atoms with Crippen LogP contribution in [-0.2, 0) is 21.2 Å². The molecule has 2 heterocycles. The minimum Gasteiger partial charge on any atom is -0.378 e. The fourth-order valence-corrected chi connectivity index (χ4v) is 7.81. The van der Waals surface area contributed by atoms with Crippen molar-refractivity contribution in [1.29, 1.82) is 0 Å². The van der Waals surface area contributed by atoms with Gasteiger partial charge in [0.05, 0.1) is 45.8 Å². The zero-order valence-electron chi connectivity index (χ0n) is 26.2. The second kappa shape index (κ2) is 14.6. The fraction of sp³-hybridized carbons (Fsp3) is 0.286. The molecular formula is C35H36ClN5O6S. The van der Waals surface area contributed by atoms with E-state index in [1.807, 2.05) is 23.1 Å². The third kappa shape index (κ3) is 7.73. The van der Waals surface area contributed by atoms with Gasteiger partial charge in [-0.1, -0.05) is 54.1 Å². The number of ether oxygens (including phenoxy) is 1. The Kier molecular flexibility index (Phi) is 10.1. The Morgan fingerprint density at radius 3 is 2.25 bits per heavy atom. The predicted octanol–water partition coefficient (Wildman–Crippen LogP) is 6.60. The first-order valence-electron chi connectivity index (χ1n) is 15.8. The van der Waals surface area contributed by atoms with Gasteiger partial charge in [0.25, 0.3) is 21.6 Å². The van der Waals surface area contributed by atoms with E-state index in [4.69, 9.17) is 16.3 Å². The van der Waals surface area contributed by atoms with E-state index >= 15 is 0 Å². The third-order valence-corrected chi connectivity index (χ3v) is 10.5. The molecule has 0 atom stereocenters. The number of nitrogens with zero attached hydrogens (tertiary/aromatic N) is 3. The van der Waals surface area contributed by atoms with Crippen LogP contribution in [0.25, 0.3) is 0 Å². The van der Waals surface area contributed by atoms with Gasteiger partial charge in [-0.05, 0) is 67.1 Å². The van der Waals surface area contributed by atoms with Gasteiger partial charge in [-0.3, -0.25) is 19.6 Å². The lowest BCUT2D eigenvalue weighted by Crippen LogP contribution is -2.37. The Hall–Kier alpha value is -4.65. The van der Waals surface area contributed by atoms with Crippen LogP contribution in [0, 0.1) is 16.0 Å². The van der Waals surface area contributed by atoms with E-state index in [1.54, 1.807) is 42.5 Å². The normalized spacial score (nSPS) is 15.6. The lowest BCUT2D eigenvalue weighted by atomic mass is 9.89.